The van der Waals surface area contributed by atoms with E-state index in [1.165, 1.54) is 11.1 Å². The van der Waals surface area contributed by atoms with E-state index in [1.54, 1.807) is 6.20 Å². The normalized spacial score (nSPS) is 10.9. The minimum absolute atomic E-state index is 1.05. The van der Waals surface area contributed by atoms with Crippen LogP contribution in [0.3, 0.4) is 0 Å². The average Bonchev–Trinajstić information content (AvgIpc) is 2.46. The Morgan fingerprint density at radius 3 is 3.08 bits per heavy atom. The number of fused-ring (bicyclic) bond motifs is 1. The molecular weight excluding hydrogens is 162 g/mol. The van der Waals surface area contributed by atoms with Gasteiger partial charge in [0.1, 0.15) is 5.52 Å². The molecule has 2 aromatic rings. The third-order valence-electron chi connectivity index (χ3n) is 2.25. The van der Waals surface area contributed by atoms with Crippen LogP contribution >= 0.6 is 0 Å². The number of hydrogen-bond acceptors (Lipinski definition) is 2. The Morgan fingerprint density at radius 2 is 2.31 bits per heavy atom. The Morgan fingerprint density at radius 1 is 1.46 bits per heavy atom. The summed E-state index contributed by atoms with van der Waals surface area (Å²) in [6.45, 7) is 2.18. The maximum absolute atomic E-state index is 4.15. The summed E-state index contributed by atoms with van der Waals surface area (Å²) in [5.74, 6) is 0. The van der Waals surface area contributed by atoms with Gasteiger partial charge in [-0.25, -0.2) is 0 Å². The lowest BCUT2D eigenvalue weighted by Gasteiger charge is -1.92. The third-order valence-corrected chi connectivity index (χ3v) is 2.25. The number of nitrogens with zero attached hydrogens (tertiary/aromatic N) is 3. The highest BCUT2D eigenvalue weighted by atomic mass is 15.1. The van der Waals surface area contributed by atoms with Crippen LogP contribution in [0.2, 0.25) is 0 Å². The fourth-order valence-electron chi connectivity index (χ4n) is 1.66. The molecule has 0 aliphatic rings. The van der Waals surface area contributed by atoms with E-state index in [0.29, 0.717) is 0 Å². The quantitative estimate of drug-likeness (QED) is 0.698. The Bertz CT molecular complexity index is 417. The molecule has 68 valence electrons. The molecule has 0 aromatic carbocycles. The van der Waals surface area contributed by atoms with Gasteiger partial charge in [-0.3, -0.25) is 0 Å². The maximum Gasteiger partial charge on any atom is 0.114 e. The van der Waals surface area contributed by atoms with Gasteiger partial charge in [0.15, 0.2) is 0 Å². The molecule has 0 spiro atoms. The zero-order valence-corrected chi connectivity index (χ0v) is 7.99. The Balaban J connectivity index is 2.63. The van der Waals surface area contributed by atoms with E-state index < -0.39 is 0 Å². The van der Waals surface area contributed by atoms with Crippen LogP contribution in [0.5, 0.6) is 0 Å². The number of hydrogen-bond donors (Lipinski definition) is 0. The molecule has 0 amide bonds. The summed E-state index contributed by atoms with van der Waals surface area (Å²) in [7, 11) is 2.04. The van der Waals surface area contributed by atoms with Crippen LogP contribution in [0, 0.1) is 0 Å². The van der Waals surface area contributed by atoms with E-state index in [9.17, 15) is 0 Å². The average molecular weight is 175 g/mol. The summed E-state index contributed by atoms with van der Waals surface area (Å²) in [5.41, 5.74) is 3.51. The minimum Gasteiger partial charge on any atom is -0.349 e. The van der Waals surface area contributed by atoms with Crippen molar-refractivity contribution < 1.29 is 0 Å². The molecular formula is C10H13N3. The molecule has 0 aliphatic heterocycles. The summed E-state index contributed by atoms with van der Waals surface area (Å²) < 4.78 is 2.11. The maximum atomic E-state index is 4.15. The van der Waals surface area contributed by atoms with Crippen molar-refractivity contribution >= 4 is 11.0 Å². The molecule has 0 saturated carbocycles. The van der Waals surface area contributed by atoms with E-state index >= 15 is 0 Å². The van der Waals surface area contributed by atoms with E-state index in [2.05, 4.69) is 27.9 Å². The highest BCUT2D eigenvalue weighted by Crippen LogP contribution is 2.17. The summed E-state index contributed by atoms with van der Waals surface area (Å²) in [4.78, 5) is 0. The zero-order chi connectivity index (χ0) is 9.26. The van der Waals surface area contributed by atoms with Crippen molar-refractivity contribution in [2.75, 3.05) is 0 Å². The molecule has 3 heteroatoms. The highest BCUT2D eigenvalue weighted by Gasteiger charge is 2.05. The summed E-state index contributed by atoms with van der Waals surface area (Å²) in [6, 6.07) is 2.00. The van der Waals surface area contributed by atoms with Gasteiger partial charge < -0.3 is 4.57 Å². The van der Waals surface area contributed by atoms with Crippen LogP contribution in [0.1, 0.15) is 18.9 Å². The molecule has 2 heterocycles. The van der Waals surface area contributed by atoms with Crippen LogP contribution in [0.4, 0.5) is 0 Å². The van der Waals surface area contributed by atoms with Crippen molar-refractivity contribution in [1.29, 1.82) is 0 Å². The number of aryl methyl sites for hydroxylation is 2. The minimum atomic E-state index is 1.05. The van der Waals surface area contributed by atoms with E-state index in [0.717, 1.165) is 18.4 Å². The van der Waals surface area contributed by atoms with Crippen LogP contribution in [-0.4, -0.2) is 14.8 Å². The fourth-order valence-corrected chi connectivity index (χ4v) is 1.66. The lowest BCUT2D eigenvalue weighted by molar-refractivity contribution is 0.901. The van der Waals surface area contributed by atoms with Crippen molar-refractivity contribution in [1.82, 2.24) is 14.8 Å². The smallest absolute Gasteiger partial charge is 0.114 e. The molecule has 2 rings (SSSR count). The first-order chi connectivity index (χ1) is 6.33. The van der Waals surface area contributed by atoms with Gasteiger partial charge in [-0.2, -0.15) is 5.10 Å². The Labute approximate surface area is 77.4 Å². The monoisotopic (exact) mass is 175 g/mol. The van der Waals surface area contributed by atoms with Gasteiger partial charge in [-0.05, 0) is 18.1 Å². The fraction of sp³-hybridized carbons (Fsp3) is 0.400. The van der Waals surface area contributed by atoms with Crippen LogP contribution < -0.4 is 0 Å². The van der Waals surface area contributed by atoms with Gasteiger partial charge in [-0.1, -0.05) is 13.3 Å². The van der Waals surface area contributed by atoms with Crippen LogP contribution in [-0.2, 0) is 13.5 Å². The molecule has 0 radical (unpaired) electrons. The summed E-state index contributed by atoms with van der Waals surface area (Å²) in [5, 5.41) is 8.06. The van der Waals surface area contributed by atoms with Gasteiger partial charge in [0.2, 0.25) is 0 Å². The molecule has 0 aliphatic carbocycles. The SMILES string of the molecule is CCCc1cn(C)c2ccnnc12. The first kappa shape index (κ1) is 8.23. The molecule has 0 N–H and O–H groups in total. The molecule has 0 bridgehead atoms. The van der Waals surface area contributed by atoms with Gasteiger partial charge in [0.25, 0.3) is 0 Å². The van der Waals surface area contributed by atoms with Gasteiger partial charge in [-0.15, -0.1) is 5.10 Å². The Kier molecular flexibility index (Phi) is 2.00. The van der Waals surface area contributed by atoms with Crippen molar-refractivity contribution in [3.05, 3.63) is 24.0 Å². The lowest BCUT2D eigenvalue weighted by Crippen LogP contribution is -1.85. The third kappa shape index (κ3) is 1.30. The molecule has 3 nitrogen and oxygen atoms in total. The zero-order valence-electron chi connectivity index (χ0n) is 7.99. The summed E-state index contributed by atoms with van der Waals surface area (Å²) in [6.07, 6.45) is 6.10. The molecule has 0 saturated heterocycles. The second kappa shape index (κ2) is 3.17. The van der Waals surface area contributed by atoms with Crippen LogP contribution in [0.25, 0.3) is 11.0 Å². The standard InChI is InChI=1S/C10H13N3/c1-3-4-8-7-13(2)9-5-6-11-12-10(8)9/h5-7H,3-4H2,1-2H3. The molecule has 2 aromatic heterocycles. The highest BCUT2D eigenvalue weighted by molar-refractivity contribution is 5.78. The number of rotatable bonds is 2. The van der Waals surface area contributed by atoms with Crippen LogP contribution in [0.15, 0.2) is 18.5 Å². The van der Waals surface area contributed by atoms with Crippen molar-refractivity contribution in [3.8, 4) is 0 Å². The van der Waals surface area contributed by atoms with Crippen molar-refractivity contribution in [2.45, 2.75) is 19.8 Å². The van der Waals surface area contributed by atoms with E-state index in [-0.39, 0.29) is 0 Å². The second-order valence-electron chi connectivity index (χ2n) is 3.28. The van der Waals surface area contributed by atoms with E-state index in [4.69, 9.17) is 0 Å². The van der Waals surface area contributed by atoms with Gasteiger partial charge >= 0.3 is 0 Å². The van der Waals surface area contributed by atoms with Gasteiger partial charge in [0.05, 0.1) is 11.7 Å². The topological polar surface area (TPSA) is 30.7 Å². The first-order valence-corrected chi connectivity index (χ1v) is 4.58. The second-order valence-corrected chi connectivity index (χ2v) is 3.28. The van der Waals surface area contributed by atoms with Gasteiger partial charge in [0, 0.05) is 13.2 Å². The molecule has 0 unspecified atom stereocenters. The van der Waals surface area contributed by atoms with E-state index in [1.807, 2.05) is 13.1 Å². The molecule has 13 heavy (non-hydrogen) atoms. The largest absolute Gasteiger partial charge is 0.349 e. The molecule has 0 fully saturated rings. The lowest BCUT2D eigenvalue weighted by atomic mass is 10.2. The Hall–Kier alpha value is -1.38. The first-order valence-electron chi connectivity index (χ1n) is 4.58. The predicted molar refractivity (Wildman–Crippen MR) is 52.5 cm³/mol. The number of aromatic nitrogens is 3. The summed E-state index contributed by atoms with van der Waals surface area (Å²) >= 11 is 0. The van der Waals surface area contributed by atoms with Crippen molar-refractivity contribution in [2.24, 2.45) is 7.05 Å². The van der Waals surface area contributed by atoms with Crippen molar-refractivity contribution in [3.63, 3.8) is 0 Å². The predicted octanol–water partition coefficient (Wildman–Crippen LogP) is 1.92. The molecule has 0 atom stereocenters.